The minimum Gasteiger partial charge on any atom is -0.480 e. The van der Waals surface area contributed by atoms with Crippen LogP contribution in [0.4, 0.5) is 15.3 Å². The third-order valence-electron chi connectivity index (χ3n) is 4.31. The van der Waals surface area contributed by atoms with Crippen molar-refractivity contribution in [2.24, 2.45) is 0 Å². The summed E-state index contributed by atoms with van der Waals surface area (Å²) in [6.45, 7) is 12.6. The molecule has 0 aliphatic heterocycles. The molecule has 0 aliphatic rings. The number of pyridine rings is 2. The molecule has 0 aliphatic carbocycles. The Kier molecular flexibility index (Phi) is 9.46. The smallest absolute Gasteiger partial charge is 0.412 e. The van der Waals surface area contributed by atoms with E-state index in [2.05, 4.69) is 15.6 Å². The van der Waals surface area contributed by atoms with E-state index in [0.717, 1.165) is 0 Å². The SMILES string of the molecule is COc1ncccc1-n1cc(COC[C@@H](C)NC(=O)OC(C)(C)C)cc(NC(=O)OC(C)(C)C)c1=O. The minimum atomic E-state index is -0.766. The number of hydrogen-bond acceptors (Lipinski definition) is 8. The fraction of sp³-hybridized carbons (Fsp3) is 0.520. The monoisotopic (exact) mass is 504 g/mol. The summed E-state index contributed by atoms with van der Waals surface area (Å²) in [4.78, 5) is 41.7. The van der Waals surface area contributed by atoms with Crippen molar-refractivity contribution in [3.05, 3.63) is 46.5 Å². The lowest BCUT2D eigenvalue weighted by Gasteiger charge is -2.22. The second-order valence-corrected chi connectivity index (χ2v) is 10.2. The second kappa shape index (κ2) is 11.9. The predicted octanol–water partition coefficient (Wildman–Crippen LogP) is 4.02. The molecule has 0 unspecified atom stereocenters. The number of aromatic nitrogens is 2. The average molecular weight is 505 g/mol. The number of rotatable bonds is 8. The van der Waals surface area contributed by atoms with Gasteiger partial charge in [0.25, 0.3) is 5.56 Å². The number of carbonyl (C=O) groups is 2. The van der Waals surface area contributed by atoms with E-state index in [9.17, 15) is 14.4 Å². The highest BCUT2D eigenvalue weighted by Crippen LogP contribution is 2.20. The lowest BCUT2D eigenvalue weighted by atomic mass is 10.2. The van der Waals surface area contributed by atoms with E-state index in [1.54, 1.807) is 73.0 Å². The number of amides is 2. The normalized spacial score (nSPS) is 12.4. The van der Waals surface area contributed by atoms with Crippen molar-refractivity contribution < 1.29 is 28.5 Å². The molecule has 0 saturated heterocycles. The maximum atomic E-state index is 13.2. The fourth-order valence-electron chi connectivity index (χ4n) is 3.03. The largest absolute Gasteiger partial charge is 0.480 e. The molecule has 36 heavy (non-hydrogen) atoms. The number of nitrogens with one attached hydrogen (secondary N) is 2. The van der Waals surface area contributed by atoms with Crippen molar-refractivity contribution in [1.29, 1.82) is 0 Å². The quantitative estimate of drug-likeness (QED) is 0.551. The molecule has 11 heteroatoms. The van der Waals surface area contributed by atoms with Crippen LogP contribution in [0.3, 0.4) is 0 Å². The molecule has 2 heterocycles. The summed E-state index contributed by atoms with van der Waals surface area (Å²) in [5.74, 6) is 0.232. The summed E-state index contributed by atoms with van der Waals surface area (Å²) in [5, 5.41) is 5.22. The molecule has 0 saturated carbocycles. The molecule has 11 nitrogen and oxygen atoms in total. The van der Waals surface area contributed by atoms with Crippen LogP contribution < -0.4 is 20.9 Å². The van der Waals surface area contributed by atoms with E-state index in [0.29, 0.717) is 11.3 Å². The summed E-state index contributed by atoms with van der Waals surface area (Å²) in [6.07, 6.45) is 1.81. The number of alkyl carbamates (subject to hydrolysis) is 1. The topological polar surface area (TPSA) is 130 Å². The van der Waals surface area contributed by atoms with Crippen molar-refractivity contribution in [2.75, 3.05) is 19.0 Å². The molecule has 2 aromatic rings. The molecule has 2 aromatic heterocycles. The van der Waals surface area contributed by atoms with E-state index in [-0.39, 0.29) is 30.8 Å². The van der Waals surface area contributed by atoms with Crippen LogP contribution in [-0.2, 0) is 20.8 Å². The first-order valence-electron chi connectivity index (χ1n) is 11.5. The van der Waals surface area contributed by atoms with Crippen LogP contribution in [-0.4, -0.2) is 52.7 Å². The van der Waals surface area contributed by atoms with Crippen LogP contribution in [0.1, 0.15) is 54.0 Å². The lowest BCUT2D eigenvalue weighted by Crippen LogP contribution is -2.39. The molecule has 2 amide bonds. The Balaban J connectivity index is 2.26. The third-order valence-corrected chi connectivity index (χ3v) is 4.31. The summed E-state index contributed by atoms with van der Waals surface area (Å²) in [6, 6.07) is 4.52. The van der Waals surface area contributed by atoms with Gasteiger partial charge in [0, 0.05) is 12.4 Å². The maximum absolute atomic E-state index is 13.2. The lowest BCUT2D eigenvalue weighted by molar-refractivity contribution is 0.0441. The van der Waals surface area contributed by atoms with Crippen LogP contribution in [0, 0.1) is 0 Å². The van der Waals surface area contributed by atoms with Crippen molar-refractivity contribution in [1.82, 2.24) is 14.9 Å². The molecule has 0 bridgehead atoms. The number of nitrogens with zero attached hydrogens (tertiary/aromatic N) is 2. The molecular weight excluding hydrogens is 468 g/mol. The van der Waals surface area contributed by atoms with Gasteiger partial charge in [0.05, 0.1) is 26.4 Å². The first kappa shape index (κ1) is 28.6. The predicted molar refractivity (Wildman–Crippen MR) is 135 cm³/mol. The zero-order chi connectivity index (χ0) is 27.1. The fourth-order valence-corrected chi connectivity index (χ4v) is 3.03. The van der Waals surface area contributed by atoms with Gasteiger partial charge < -0.3 is 24.3 Å². The highest BCUT2D eigenvalue weighted by molar-refractivity contribution is 5.84. The standard InChI is InChI=1S/C25H36N4O7/c1-16(27-22(31)35-24(2,3)4)14-34-15-17-12-18(28-23(32)36-25(5,6)7)21(30)29(13-17)19-10-9-11-26-20(19)33-8/h9-13,16H,14-15H2,1-8H3,(H,27,31)(H,28,32)/t16-/m1/s1. The van der Waals surface area contributed by atoms with Crippen LogP contribution >= 0.6 is 0 Å². The molecule has 0 aromatic carbocycles. The van der Waals surface area contributed by atoms with Gasteiger partial charge >= 0.3 is 12.2 Å². The Hall–Kier alpha value is -3.60. The maximum Gasteiger partial charge on any atom is 0.412 e. The van der Waals surface area contributed by atoms with Gasteiger partial charge in [0.2, 0.25) is 5.88 Å². The zero-order valence-electron chi connectivity index (χ0n) is 22.1. The molecule has 0 spiro atoms. The van der Waals surface area contributed by atoms with Crippen LogP contribution in [0.15, 0.2) is 35.4 Å². The van der Waals surface area contributed by atoms with Crippen molar-refractivity contribution in [3.63, 3.8) is 0 Å². The van der Waals surface area contributed by atoms with Gasteiger partial charge in [-0.3, -0.25) is 14.7 Å². The summed E-state index contributed by atoms with van der Waals surface area (Å²) < 4.78 is 22.9. The highest BCUT2D eigenvalue weighted by Gasteiger charge is 2.20. The highest BCUT2D eigenvalue weighted by atomic mass is 16.6. The Bertz CT molecular complexity index is 1120. The van der Waals surface area contributed by atoms with Crippen molar-refractivity contribution >= 4 is 17.9 Å². The third kappa shape index (κ3) is 9.21. The Morgan fingerprint density at radius 3 is 2.33 bits per heavy atom. The molecule has 198 valence electrons. The first-order valence-corrected chi connectivity index (χ1v) is 11.5. The van der Waals surface area contributed by atoms with Gasteiger partial charge in [-0.1, -0.05) is 0 Å². The van der Waals surface area contributed by atoms with Crippen molar-refractivity contribution in [3.8, 4) is 11.6 Å². The average Bonchev–Trinajstić information content (AvgIpc) is 2.73. The number of methoxy groups -OCH3 is 1. The molecule has 1 atom stereocenters. The Morgan fingerprint density at radius 1 is 1.08 bits per heavy atom. The van der Waals surface area contributed by atoms with Gasteiger partial charge in [-0.2, -0.15) is 0 Å². The van der Waals surface area contributed by atoms with Crippen LogP contribution in [0.2, 0.25) is 0 Å². The first-order chi connectivity index (χ1) is 16.7. The number of hydrogen-bond donors (Lipinski definition) is 2. The summed E-state index contributed by atoms with van der Waals surface area (Å²) in [5.41, 5.74) is -0.890. The number of anilines is 1. The molecule has 0 radical (unpaired) electrons. The van der Waals surface area contributed by atoms with Gasteiger partial charge in [-0.25, -0.2) is 14.6 Å². The zero-order valence-corrected chi connectivity index (χ0v) is 22.1. The molecular formula is C25H36N4O7. The Morgan fingerprint density at radius 2 is 1.72 bits per heavy atom. The van der Waals surface area contributed by atoms with E-state index in [1.807, 2.05) is 0 Å². The summed E-state index contributed by atoms with van der Waals surface area (Å²) in [7, 11) is 1.45. The minimum absolute atomic E-state index is 0.00353. The van der Waals surface area contributed by atoms with Gasteiger partial charge in [0.1, 0.15) is 22.6 Å². The van der Waals surface area contributed by atoms with Gasteiger partial charge in [-0.05, 0) is 72.2 Å². The Labute approximate surface area is 211 Å². The molecule has 2 N–H and O–H groups in total. The summed E-state index contributed by atoms with van der Waals surface area (Å²) >= 11 is 0. The van der Waals surface area contributed by atoms with Gasteiger partial charge in [0.15, 0.2) is 0 Å². The molecule has 0 fully saturated rings. The van der Waals surface area contributed by atoms with E-state index in [1.165, 1.54) is 17.7 Å². The molecule has 2 rings (SSSR count). The van der Waals surface area contributed by atoms with Gasteiger partial charge in [-0.15, -0.1) is 0 Å². The van der Waals surface area contributed by atoms with Crippen LogP contribution in [0.5, 0.6) is 5.88 Å². The number of ether oxygens (including phenoxy) is 4. The van der Waals surface area contributed by atoms with E-state index < -0.39 is 28.9 Å². The van der Waals surface area contributed by atoms with E-state index in [4.69, 9.17) is 18.9 Å². The second-order valence-electron chi connectivity index (χ2n) is 10.2. The van der Waals surface area contributed by atoms with Crippen LogP contribution in [0.25, 0.3) is 5.69 Å². The van der Waals surface area contributed by atoms with E-state index >= 15 is 0 Å². The number of carbonyl (C=O) groups excluding carboxylic acids is 2. The van der Waals surface area contributed by atoms with Crippen molar-refractivity contribution in [2.45, 2.75) is 72.3 Å².